The lowest BCUT2D eigenvalue weighted by Crippen LogP contribution is -2.49. The standard InChI is InChI=1S/C14H18N4O2/c15-9-3-4-11-10(7-9)12(18-17-11)13(20)16-14(8-19)5-1-2-6-14/h3-4,7,19H,1-2,5-6,8,15H2,(H,16,20)(H,17,18). The summed E-state index contributed by atoms with van der Waals surface area (Å²) >= 11 is 0. The normalized spacial score (nSPS) is 17.4. The molecule has 0 saturated heterocycles. The van der Waals surface area contributed by atoms with Gasteiger partial charge < -0.3 is 16.2 Å². The second-order valence-corrected chi connectivity index (χ2v) is 5.48. The fraction of sp³-hybridized carbons (Fsp3) is 0.429. The molecule has 0 aliphatic heterocycles. The van der Waals surface area contributed by atoms with Crippen LogP contribution in [-0.2, 0) is 0 Å². The number of aliphatic hydroxyl groups excluding tert-OH is 1. The van der Waals surface area contributed by atoms with Gasteiger partial charge in [-0.25, -0.2) is 0 Å². The van der Waals surface area contributed by atoms with Gasteiger partial charge >= 0.3 is 0 Å². The molecule has 20 heavy (non-hydrogen) atoms. The van der Waals surface area contributed by atoms with Crippen LogP contribution in [0.15, 0.2) is 18.2 Å². The van der Waals surface area contributed by atoms with Crippen molar-refractivity contribution >= 4 is 22.5 Å². The Bertz CT molecular complexity index is 644. The van der Waals surface area contributed by atoms with E-state index in [1.165, 1.54) is 0 Å². The maximum Gasteiger partial charge on any atom is 0.272 e. The minimum Gasteiger partial charge on any atom is -0.399 e. The van der Waals surface area contributed by atoms with Gasteiger partial charge in [-0.15, -0.1) is 0 Å². The number of hydrogen-bond donors (Lipinski definition) is 4. The van der Waals surface area contributed by atoms with Crippen molar-refractivity contribution in [1.29, 1.82) is 0 Å². The molecule has 106 valence electrons. The lowest BCUT2D eigenvalue weighted by atomic mass is 9.98. The lowest BCUT2D eigenvalue weighted by molar-refractivity contribution is 0.0835. The van der Waals surface area contributed by atoms with Crippen LogP contribution in [0.5, 0.6) is 0 Å². The largest absolute Gasteiger partial charge is 0.399 e. The molecular weight excluding hydrogens is 256 g/mol. The van der Waals surface area contributed by atoms with E-state index in [-0.39, 0.29) is 12.5 Å². The smallest absolute Gasteiger partial charge is 0.272 e. The van der Waals surface area contributed by atoms with Crippen LogP contribution in [0.25, 0.3) is 10.9 Å². The molecule has 0 unspecified atom stereocenters. The molecule has 1 saturated carbocycles. The zero-order chi connectivity index (χ0) is 14.2. The van der Waals surface area contributed by atoms with Gasteiger partial charge in [0, 0.05) is 11.1 Å². The molecule has 1 aliphatic rings. The van der Waals surface area contributed by atoms with E-state index in [1.54, 1.807) is 18.2 Å². The average Bonchev–Trinajstić information content (AvgIpc) is 3.05. The van der Waals surface area contributed by atoms with Crippen LogP contribution in [0.3, 0.4) is 0 Å². The van der Waals surface area contributed by atoms with Gasteiger partial charge in [0.05, 0.1) is 17.7 Å². The summed E-state index contributed by atoms with van der Waals surface area (Å²) in [5.41, 5.74) is 6.94. The number of nitrogens with two attached hydrogens (primary N) is 1. The minimum absolute atomic E-state index is 0.0385. The second kappa shape index (κ2) is 4.79. The molecule has 1 fully saturated rings. The summed E-state index contributed by atoms with van der Waals surface area (Å²) in [7, 11) is 0. The maximum atomic E-state index is 12.4. The summed E-state index contributed by atoms with van der Waals surface area (Å²) in [6, 6.07) is 5.29. The topological polar surface area (TPSA) is 104 Å². The fourth-order valence-corrected chi connectivity index (χ4v) is 2.88. The number of aromatic amines is 1. The number of benzene rings is 1. The highest BCUT2D eigenvalue weighted by Crippen LogP contribution is 2.30. The van der Waals surface area contributed by atoms with E-state index in [0.29, 0.717) is 16.8 Å². The quantitative estimate of drug-likeness (QED) is 0.631. The minimum atomic E-state index is -0.497. The summed E-state index contributed by atoms with van der Waals surface area (Å²) in [5, 5.41) is 20.1. The number of fused-ring (bicyclic) bond motifs is 1. The molecule has 2 aromatic rings. The summed E-state index contributed by atoms with van der Waals surface area (Å²) in [4.78, 5) is 12.4. The molecule has 6 heteroatoms. The summed E-state index contributed by atoms with van der Waals surface area (Å²) in [5.74, 6) is -0.266. The van der Waals surface area contributed by atoms with Crippen molar-refractivity contribution in [3.63, 3.8) is 0 Å². The third kappa shape index (κ3) is 2.12. The van der Waals surface area contributed by atoms with Crippen molar-refractivity contribution in [2.75, 3.05) is 12.3 Å². The number of anilines is 1. The van der Waals surface area contributed by atoms with Crippen molar-refractivity contribution in [2.24, 2.45) is 0 Å². The number of nitrogens with zero attached hydrogens (tertiary/aromatic N) is 1. The number of nitrogens with one attached hydrogen (secondary N) is 2. The number of nitrogen functional groups attached to an aromatic ring is 1. The van der Waals surface area contributed by atoms with Crippen LogP contribution < -0.4 is 11.1 Å². The molecule has 6 nitrogen and oxygen atoms in total. The molecule has 5 N–H and O–H groups in total. The Hall–Kier alpha value is -2.08. The van der Waals surface area contributed by atoms with Crippen molar-refractivity contribution in [3.05, 3.63) is 23.9 Å². The van der Waals surface area contributed by atoms with Gasteiger partial charge in [0.2, 0.25) is 0 Å². The number of H-pyrrole nitrogens is 1. The molecule has 1 amide bonds. The van der Waals surface area contributed by atoms with Crippen LogP contribution in [0.1, 0.15) is 36.2 Å². The van der Waals surface area contributed by atoms with Crippen LogP contribution in [-0.4, -0.2) is 33.4 Å². The summed E-state index contributed by atoms with van der Waals surface area (Å²) in [6.45, 7) is -0.0385. The highest BCUT2D eigenvalue weighted by atomic mass is 16.3. The van der Waals surface area contributed by atoms with Crippen LogP contribution in [0.2, 0.25) is 0 Å². The van der Waals surface area contributed by atoms with E-state index >= 15 is 0 Å². The van der Waals surface area contributed by atoms with Gasteiger partial charge in [-0.3, -0.25) is 9.89 Å². The van der Waals surface area contributed by atoms with Crippen molar-refractivity contribution in [1.82, 2.24) is 15.5 Å². The Labute approximate surface area is 116 Å². The fourth-order valence-electron chi connectivity index (χ4n) is 2.88. The predicted molar refractivity (Wildman–Crippen MR) is 76.3 cm³/mol. The van der Waals surface area contributed by atoms with E-state index in [9.17, 15) is 9.90 Å². The molecule has 3 rings (SSSR count). The molecule has 0 spiro atoms. The highest BCUT2D eigenvalue weighted by Gasteiger charge is 2.35. The number of carbonyl (C=O) groups excluding carboxylic acids is 1. The molecule has 1 aromatic heterocycles. The first kappa shape index (κ1) is 12.9. The number of amides is 1. The summed E-state index contributed by atoms with van der Waals surface area (Å²) < 4.78 is 0. The Morgan fingerprint density at radius 2 is 2.20 bits per heavy atom. The molecule has 0 bridgehead atoms. The van der Waals surface area contributed by atoms with Crippen LogP contribution in [0.4, 0.5) is 5.69 Å². The first-order valence-corrected chi connectivity index (χ1v) is 6.80. The molecule has 1 heterocycles. The Morgan fingerprint density at radius 3 is 2.90 bits per heavy atom. The van der Waals surface area contributed by atoms with Gasteiger partial charge in [-0.2, -0.15) is 5.10 Å². The van der Waals surface area contributed by atoms with Gasteiger partial charge in [0.1, 0.15) is 0 Å². The van der Waals surface area contributed by atoms with Gasteiger partial charge in [-0.05, 0) is 31.0 Å². The summed E-state index contributed by atoms with van der Waals surface area (Å²) in [6.07, 6.45) is 3.66. The zero-order valence-electron chi connectivity index (χ0n) is 11.1. The zero-order valence-corrected chi connectivity index (χ0v) is 11.1. The second-order valence-electron chi connectivity index (χ2n) is 5.48. The van der Waals surface area contributed by atoms with E-state index in [4.69, 9.17) is 5.73 Å². The number of aromatic nitrogens is 2. The lowest BCUT2D eigenvalue weighted by Gasteiger charge is -2.27. The molecule has 0 radical (unpaired) electrons. The van der Waals surface area contributed by atoms with Crippen LogP contribution in [0, 0.1) is 0 Å². The molecule has 1 aliphatic carbocycles. The third-order valence-corrected chi connectivity index (χ3v) is 4.04. The predicted octanol–water partition coefficient (Wildman–Crippen LogP) is 1.18. The molecule has 1 aromatic carbocycles. The Kier molecular flexibility index (Phi) is 3.10. The monoisotopic (exact) mass is 274 g/mol. The van der Waals surface area contributed by atoms with E-state index < -0.39 is 5.54 Å². The number of rotatable bonds is 3. The Morgan fingerprint density at radius 1 is 1.45 bits per heavy atom. The molecular formula is C14H18N4O2. The molecule has 0 atom stereocenters. The third-order valence-electron chi connectivity index (χ3n) is 4.04. The van der Waals surface area contributed by atoms with Crippen molar-refractivity contribution in [3.8, 4) is 0 Å². The van der Waals surface area contributed by atoms with Crippen molar-refractivity contribution < 1.29 is 9.90 Å². The first-order valence-electron chi connectivity index (χ1n) is 6.80. The number of carbonyl (C=O) groups is 1. The average molecular weight is 274 g/mol. The SMILES string of the molecule is Nc1ccc2[nH]nc(C(=O)NC3(CO)CCCC3)c2c1. The van der Waals surface area contributed by atoms with E-state index in [0.717, 1.165) is 31.2 Å². The van der Waals surface area contributed by atoms with Gasteiger partial charge in [0.25, 0.3) is 5.91 Å². The maximum absolute atomic E-state index is 12.4. The Balaban J connectivity index is 1.90. The number of hydrogen-bond acceptors (Lipinski definition) is 4. The highest BCUT2D eigenvalue weighted by molar-refractivity contribution is 6.05. The number of aliphatic hydroxyl groups is 1. The van der Waals surface area contributed by atoms with E-state index in [2.05, 4.69) is 15.5 Å². The van der Waals surface area contributed by atoms with Crippen molar-refractivity contribution in [2.45, 2.75) is 31.2 Å². The van der Waals surface area contributed by atoms with E-state index in [1.807, 2.05) is 0 Å². The van der Waals surface area contributed by atoms with Gasteiger partial charge in [0.15, 0.2) is 5.69 Å². The van der Waals surface area contributed by atoms with Crippen LogP contribution >= 0.6 is 0 Å². The first-order chi connectivity index (χ1) is 9.63. The van der Waals surface area contributed by atoms with Gasteiger partial charge in [-0.1, -0.05) is 12.8 Å².